The number of halogens is 2. The molecule has 0 radical (unpaired) electrons. The highest BCUT2D eigenvalue weighted by Crippen LogP contribution is 2.27. The van der Waals surface area contributed by atoms with Crippen LogP contribution in [-0.4, -0.2) is 0 Å². The molecule has 0 bridgehead atoms. The third-order valence-corrected chi connectivity index (χ3v) is 3.57. The molecule has 1 unspecified atom stereocenters. The molecule has 1 atom stereocenters. The predicted octanol–water partition coefficient (Wildman–Crippen LogP) is 4.06. The summed E-state index contributed by atoms with van der Waals surface area (Å²) < 4.78 is 13.8. The molecule has 1 rings (SSSR count). The Hall–Kier alpha value is -0.450. The van der Waals surface area contributed by atoms with Gasteiger partial charge in [-0.05, 0) is 24.1 Å². The van der Waals surface area contributed by atoms with Crippen LogP contribution in [0.3, 0.4) is 0 Å². The van der Waals surface area contributed by atoms with E-state index < -0.39 is 0 Å². The molecule has 0 amide bonds. The second-order valence-corrected chi connectivity index (χ2v) is 5.09. The minimum absolute atomic E-state index is 0.0850. The van der Waals surface area contributed by atoms with Crippen molar-refractivity contribution in [3.05, 3.63) is 34.1 Å². The third-order valence-electron chi connectivity index (χ3n) is 2.89. The molecule has 0 saturated heterocycles. The summed E-state index contributed by atoms with van der Waals surface area (Å²) in [7, 11) is 0. The number of rotatable bonds is 7. The van der Waals surface area contributed by atoms with Gasteiger partial charge in [-0.15, -0.1) is 0 Å². The lowest BCUT2D eigenvalue weighted by Gasteiger charge is -2.17. The fourth-order valence-electron chi connectivity index (χ4n) is 1.89. The van der Waals surface area contributed by atoms with E-state index in [1.807, 2.05) is 0 Å². The van der Waals surface area contributed by atoms with Crippen molar-refractivity contribution in [3.63, 3.8) is 0 Å². The van der Waals surface area contributed by atoms with Gasteiger partial charge in [0.25, 0.3) is 0 Å². The van der Waals surface area contributed by atoms with Gasteiger partial charge in [0.15, 0.2) is 0 Å². The number of nitrogens with one attached hydrogen (secondary N) is 1. The first-order chi connectivity index (χ1) is 8.19. The lowest BCUT2D eigenvalue weighted by atomic mass is 10.0. The van der Waals surface area contributed by atoms with Gasteiger partial charge in [-0.3, -0.25) is 11.3 Å². The highest BCUT2D eigenvalue weighted by molar-refractivity contribution is 9.10. The molecule has 0 spiro atoms. The molecule has 1 aromatic rings. The lowest BCUT2D eigenvalue weighted by molar-refractivity contribution is 0.479. The van der Waals surface area contributed by atoms with Crippen molar-refractivity contribution in [1.29, 1.82) is 0 Å². The van der Waals surface area contributed by atoms with Crippen LogP contribution < -0.4 is 11.3 Å². The lowest BCUT2D eigenvalue weighted by Crippen LogP contribution is -2.28. The summed E-state index contributed by atoms with van der Waals surface area (Å²) in [5.74, 6) is 5.33. The molecule has 0 fully saturated rings. The van der Waals surface area contributed by atoms with Gasteiger partial charge in [-0.2, -0.15) is 0 Å². The van der Waals surface area contributed by atoms with Crippen LogP contribution in [-0.2, 0) is 0 Å². The third kappa shape index (κ3) is 4.74. The fourth-order valence-corrected chi connectivity index (χ4v) is 2.52. The standard InChI is InChI=1S/C13H20BrFN2/c1-2-3-4-5-6-13(17-16)11-8-7-10(15)9-12(11)14/h7-9,13,17H,2-6,16H2,1H3. The Morgan fingerprint density at radius 3 is 2.71 bits per heavy atom. The van der Waals surface area contributed by atoms with Crippen molar-refractivity contribution in [2.24, 2.45) is 5.84 Å². The molecule has 96 valence electrons. The average Bonchev–Trinajstić information content (AvgIpc) is 2.31. The molecule has 3 N–H and O–H groups in total. The SMILES string of the molecule is CCCCCCC(NN)c1ccc(F)cc1Br. The summed E-state index contributed by atoms with van der Waals surface area (Å²) >= 11 is 3.38. The molecular formula is C13H20BrFN2. The van der Waals surface area contributed by atoms with Gasteiger partial charge in [0.1, 0.15) is 5.82 Å². The minimum Gasteiger partial charge on any atom is -0.271 e. The number of nitrogens with two attached hydrogens (primary N) is 1. The van der Waals surface area contributed by atoms with E-state index in [0.717, 1.165) is 22.9 Å². The molecule has 1 aromatic carbocycles. The second kappa shape index (κ2) is 7.80. The minimum atomic E-state index is -0.234. The van der Waals surface area contributed by atoms with E-state index in [4.69, 9.17) is 5.84 Å². The van der Waals surface area contributed by atoms with Crippen molar-refractivity contribution in [2.75, 3.05) is 0 Å². The van der Waals surface area contributed by atoms with E-state index in [1.54, 1.807) is 6.07 Å². The van der Waals surface area contributed by atoms with Gasteiger partial charge in [0.2, 0.25) is 0 Å². The summed E-state index contributed by atoms with van der Waals surface area (Å²) in [4.78, 5) is 0. The van der Waals surface area contributed by atoms with E-state index in [1.165, 1.54) is 31.4 Å². The molecule has 17 heavy (non-hydrogen) atoms. The summed E-state index contributed by atoms with van der Waals surface area (Å²) in [6.45, 7) is 2.19. The fraction of sp³-hybridized carbons (Fsp3) is 0.538. The van der Waals surface area contributed by atoms with Gasteiger partial charge in [0, 0.05) is 10.5 Å². The summed E-state index contributed by atoms with van der Waals surface area (Å²) in [6, 6.07) is 4.81. The van der Waals surface area contributed by atoms with Gasteiger partial charge < -0.3 is 0 Å². The molecule has 0 aliphatic heterocycles. The van der Waals surface area contributed by atoms with Crippen molar-refractivity contribution in [1.82, 2.24) is 5.43 Å². The number of unbranched alkanes of at least 4 members (excludes halogenated alkanes) is 3. The monoisotopic (exact) mass is 302 g/mol. The Kier molecular flexibility index (Phi) is 6.70. The van der Waals surface area contributed by atoms with Crippen LogP contribution in [0.25, 0.3) is 0 Å². The number of hydrogen-bond acceptors (Lipinski definition) is 2. The first kappa shape index (κ1) is 14.6. The highest BCUT2D eigenvalue weighted by atomic mass is 79.9. The molecule has 4 heteroatoms. The van der Waals surface area contributed by atoms with Gasteiger partial charge in [-0.25, -0.2) is 4.39 Å². The van der Waals surface area contributed by atoms with Crippen molar-refractivity contribution >= 4 is 15.9 Å². The molecular weight excluding hydrogens is 283 g/mol. The van der Waals surface area contributed by atoms with Crippen LogP contribution in [0.4, 0.5) is 4.39 Å². The average molecular weight is 303 g/mol. The maximum absolute atomic E-state index is 13.0. The van der Waals surface area contributed by atoms with Gasteiger partial charge in [0.05, 0.1) is 0 Å². The van der Waals surface area contributed by atoms with Crippen LogP contribution >= 0.6 is 15.9 Å². The van der Waals surface area contributed by atoms with Gasteiger partial charge >= 0.3 is 0 Å². The summed E-state index contributed by atoms with van der Waals surface area (Å²) in [5.41, 5.74) is 3.82. The van der Waals surface area contributed by atoms with E-state index >= 15 is 0 Å². The van der Waals surface area contributed by atoms with Crippen molar-refractivity contribution < 1.29 is 4.39 Å². The normalized spacial score (nSPS) is 12.7. The van der Waals surface area contributed by atoms with E-state index in [0.29, 0.717) is 0 Å². The maximum Gasteiger partial charge on any atom is 0.124 e. The van der Waals surface area contributed by atoms with E-state index in [-0.39, 0.29) is 11.9 Å². The highest BCUT2D eigenvalue weighted by Gasteiger charge is 2.12. The van der Waals surface area contributed by atoms with Crippen LogP contribution in [0.15, 0.2) is 22.7 Å². The molecule has 0 aromatic heterocycles. The Morgan fingerprint density at radius 2 is 2.12 bits per heavy atom. The van der Waals surface area contributed by atoms with Crippen molar-refractivity contribution in [3.8, 4) is 0 Å². The van der Waals surface area contributed by atoms with Gasteiger partial charge in [-0.1, -0.05) is 54.6 Å². The maximum atomic E-state index is 13.0. The molecule has 2 nitrogen and oxygen atoms in total. The quantitative estimate of drug-likeness (QED) is 0.453. The second-order valence-electron chi connectivity index (χ2n) is 4.23. The van der Waals surface area contributed by atoms with Crippen LogP contribution in [0.1, 0.15) is 50.6 Å². The van der Waals surface area contributed by atoms with Crippen molar-refractivity contribution in [2.45, 2.75) is 45.1 Å². The van der Waals surface area contributed by atoms with Crippen LogP contribution in [0.5, 0.6) is 0 Å². The van der Waals surface area contributed by atoms with Crippen LogP contribution in [0, 0.1) is 5.82 Å². The smallest absolute Gasteiger partial charge is 0.124 e. The summed E-state index contributed by atoms with van der Waals surface area (Å²) in [6.07, 6.45) is 5.80. The first-order valence-electron chi connectivity index (χ1n) is 6.10. The zero-order valence-corrected chi connectivity index (χ0v) is 11.8. The Morgan fingerprint density at radius 1 is 1.35 bits per heavy atom. The molecule has 0 aliphatic carbocycles. The largest absolute Gasteiger partial charge is 0.271 e. The van der Waals surface area contributed by atoms with E-state index in [9.17, 15) is 4.39 Å². The molecule has 0 heterocycles. The molecule has 0 saturated carbocycles. The zero-order chi connectivity index (χ0) is 12.7. The Balaban J connectivity index is 2.59. The molecule has 0 aliphatic rings. The number of hydrogen-bond donors (Lipinski definition) is 2. The Bertz CT molecular complexity index is 344. The first-order valence-corrected chi connectivity index (χ1v) is 6.89. The van der Waals surface area contributed by atoms with Crippen LogP contribution in [0.2, 0.25) is 0 Å². The van der Waals surface area contributed by atoms with E-state index in [2.05, 4.69) is 28.3 Å². The number of benzene rings is 1. The zero-order valence-electron chi connectivity index (χ0n) is 10.2. The Labute approximate surface area is 111 Å². The number of hydrazine groups is 1. The topological polar surface area (TPSA) is 38.0 Å². The summed E-state index contributed by atoms with van der Waals surface area (Å²) in [5, 5.41) is 0. The predicted molar refractivity (Wildman–Crippen MR) is 72.9 cm³/mol.